The maximum Gasteiger partial charge on any atom is 0.248 e. The van der Waals surface area contributed by atoms with E-state index < -0.39 is 5.91 Å². The van der Waals surface area contributed by atoms with Gasteiger partial charge >= 0.3 is 0 Å². The fourth-order valence-corrected chi connectivity index (χ4v) is 1.11. The molecule has 0 aliphatic heterocycles. The predicted molar refractivity (Wildman–Crippen MR) is 50.6 cm³/mol. The number of amides is 1. The molecule has 0 aliphatic rings. The summed E-state index contributed by atoms with van der Waals surface area (Å²) >= 11 is 0. The van der Waals surface area contributed by atoms with Crippen molar-refractivity contribution < 1.29 is 4.79 Å². The van der Waals surface area contributed by atoms with Gasteiger partial charge in [-0.1, -0.05) is 12.1 Å². The summed E-state index contributed by atoms with van der Waals surface area (Å²) in [6.45, 7) is 0.598. The van der Waals surface area contributed by atoms with E-state index in [0.717, 1.165) is 5.56 Å². The molecule has 0 radical (unpaired) electrons. The van der Waals surface area contributed by atoms with Gasteiger partial charge in [-0.05, 0) is 17.7 Å². The lowest BCUT2D eigenvalue weighted by molar-refractivity contribution is 0.1000. The molecule has 0 bridgehead atoms. The second-order valence-electron chi connectivity index (χ2n) is 2.98. The van der Waals surface area contributed by atoms with Crippen molar-refractivity contribution in [3.05, 3.63) is 35.4 Å². The van der Waals surface area contributed by atoms with Crippen molar-refractivity contribution in [2.45, 2.75) is 6.54 Å². The van der Waals surface area contributed by atoms with Gasteiger partial charge in [0, 0.05) is 19.2 Å². The summed E-state index contributed by atoms with van der Waals surface area (Å²) in [6, 6.07) is 7.11. The van der Waals surface area contributed by atoms with Crippen molar-refractivity contribution in [1.82, 2.24) is 5.01 Å². The van der Waals surface area contributed by atoms with E-state index in [1.54, 1.807) is 30.3 Å². The number of nitrogens with two attached hydrogens (primary N) is 2. The van der Waals surface area contributed by atoms with Crippen LogP contribution in [0.15, 0.2) is 24.3 Å². The lowest BCUT2D eigenvalue weighted by atomic mass is 10.1. The fraction of sp³-hybridized carbons (Fsp3) is 0.222. The van der Waals surface area contributed by atoms with E-state index in [1.807, 2.05) is 6.07 Å². The largest absolute Gasteiger partial charge is 0.366 e. The topological polar surface area (TPSA) is 72.3 Å². The molecule has 0 unspecified atom stereocenters. The maximum absolute atomic E-state index is 10.8. The molecule has 0 spiro atoms. The molecule has 0 heterocycles. The minimum atomic E-state index is -0.415. The Balaban J connectivity index is 2.85. The molecule has 1 aromatic carbocycles. The Hall–Kier alpha value is -1.39. The van der Waals surface area contributed by atoms with Crippen LogP contribution in [0.25, 0.3) is 0 Å². The molecule has 4 heteroatoms. The first kappa shape index (κ1) is 9.70. The predicted octanol–water partition coefficient (Wildman–Crippen LogP) is 0.0910. The molecule has 0 aliphatic carbocycles. The average Bonchev–Trinajstić information content (AvgIpc) is 2.03. The number of nitrogens with zero attached hydrogens (tertiary/aromatic N) is 1. The van der Waals surface area contributed by atoms with Crippen molar-refractivity contribution in [2.75, 3.05) is 7.05 Å². The zero-order chi connectivity index (χ0) is 9.84. The lowest BCUT2D eigenvalue weighted by Crippen LogP contribution is -2.25. The molecule has 0 atom stereocenters. The third-order valence-electron chi connectivity index (χ3n) is 1.64. The number of hydrogen-bond acceptors (Lipinski definition) is 3. The normalized spacial score (nSPS) is 10.4. The Morgan fingerprint density at radius 2 is 2.23 bits per heavy atom. The van der Waals surface area contributed by atoms with Crippen LogP contribution in [0.5, 0.6) is 0 Å². The Morgan fingerprint density at radius 1 is 1.54 bits per heavy atom. The first-order valence-electron chi connectivity index (χ1n) is 3.94. The van der Waals surface area contributed by atoms with Gasteiger partial charge in [-0.2, -0.15) is 0 Å². The van der Waals surface area contributed by atoms with E-state index in [2.05, 4.69) is 0 Å². The van der Waals surface area contributed by atoms with Crippen LogP contribution in [0.4, 0.5) is 0 Å². The molecule has 1 rings (SSSR count). The van der Waals surface area contributed by atoms with Crippen LogP contribution in [-0.2, 0) is 6.54 Å². The van der Waals surface area contributed by atoms with E-state index in [4.69, 9.17) is 11.6 Å². The monoisotopic (exact) mass is 179 g/mol. The highest BCUT2D eigenvalue weighted by Crippen LogP contribution is 2.05. The van der Waals surface area contributed by atoms with Gasteiger partial charge in [0.05, 0.1) is 0 Å². The Morgan fingerprint density at radius 3 is 2.77 bits per heavy atom. The molecule has 0 saturated carbocycles. The van der Waals surface area contributed by atoms with Crippen LogP contribution in [0.2, 0.25) is 0 Å². The number of carbonyl (C=O) groups is 1. The van der Waals surface area contributed by atoms with E-state index >= 15 is 0 Å². The van der Waals surface area contributed by atoms with Gasteiger partial charge in [0.15, 0.2) is 0 Å². The van der Waals surface area contributed by atoms with Crippen molar-refractivity contribution in [3.8, 4) is 0 Å². The van der Waals surface area contributed by atoms with Gasteiger partial charge in [0.2, 0.25) is 5.91 Å². The number of hydrogen-bond donors (Lipinski definition) is 2. The molecule has 4 N–H and O–H groups in total. The van der Waals surface area contributed by atoms with Gasteiger partial charge in [0.25, 0.3) is 0 Å². The fourth-order valence-electron chi connectivity index (χ4n) is 1.11. The Bertz CT molecular complexity index is 309. The third-order valence-corrected chi connectivity index (χ3v) is 1.64. The molecule has 4 nitrogen and oxygen atoms in total. The highest BCUT2D eigenvalue weighted by atomic mass is 16.1. The smallest absolute Gasteiger partial charge is 0.248 e. The standard InChI is InChI=1S/C9H13N3O/c1-12(11)6-7-3-2-4-8(5-7)9(10)13/h2-5H,6,11H2,1H3,(H2,10,13). The van der Waals surface area contributed by atoms with Gasteiger partial charge in [-0.3, -0.25) is 10.6 Å². The molecule has 70 valence electrons. The maximum atomic E-state index is 10.8. The van der Waals surface area contributed by atoms with Crippen molar-refractivity contribution >= 4 is 5.91 Å². The average molecular weight is 179 g/mol. The number of hydrazine groups is 1. The molecular formula is C9H13N3O. The van der Waals surface area contributed by atoms with E-state index in [-0.39, 0.29) is 0 Å². The van der Waals surface area contributed by atoms with Crippen molar-refractivity contribution in [1.29, 1.82) is 0 Å². The lowest BCUT2D eigenvalue weighted by Gasteiger charge is -2.09. The second kappa shape index (κ2) is 4.02. The van der Waals surface area contributed by atoms with Crippen LogP contribution in [-0.4, -0.2) is 18.0 Å². The van der Waals surface area contributed by atoms with Crippen LogP contribution < -0.4 is 11.6 Å². The summed E-state index contributed by atoms with van der Waals surface area (Å²) in [5, 5.41) is 1.54. The van der Waals surface area contributed by atoms with E-state index in [1.165, 1.54) is 0 Å². The highest BCUT2D eigenvalue weighted by molar-refractivity contribution is 5.92. The molecular weight excluding hydrogens is 166 g/mol. The Labute approximate surface area is 77.1 Å². The number of carbonyl (C=O) groups excluding carboxylic acids is 1. The summed E-state index contributed by atoms with van der Waals surface area (Å²) in [5.41, 5.74) is 6.62. The molecule has 0 saturated heterocycles. The van der Waals surface area contributed by atoms with Crippen LogP contribution >= 0.6 is 0 Å². The van der Waals surface area contributed by atoms with Crippen molar-refractivity contribution in [2.24, 2.45) is 11.6 Å². The first-order valence-corrected chi connectivity index (χ1v) is 3.94. The summed E-state index contributed by atoms with van der Waals surface area (Å²) in [7, 11) is 1.76. The third kappa shape index (κ3) is 2.85. The second-order valence-corrected chi connectivity index (χ2v) is 2.98. The van der Waals surface area contributed by atoms with E-state index in [9.17, 15) is 4.79 Å². The van der Waals surface area contributed by atoms with E-state index in [0.29, 0.717) is 12.1 Å². The van der Waals surface area contributed by atoms with Gasteiger partial charge < -0.3 is 5.73 Å². The SMILES string of the molecule is CN(N)Cc1cccc(C(N)=O)c1. The molecule has 13 heavy (non-hydrogen) atoms. The number of rotatable bonds is 3. The van der Waals surface area contributed by atoms with Gasteiger partial charge in [0.1, 0.15) is 0 Å². The zero-order valence-electron chi connectivity index (χ0n) is 7.53. The van der Waals surface area contributed by atoms with Crippen LogP contribution in [0, 0.1) is 0 Å². The quantitative estimate of drug-likeness (QED) is 0.510. The van der Waals surface area contributed by atoms with Gasteiger partial charge in [-0.25, -0.2) is 5.01 Å². The first-order chi connectivity index (χ1) is 6.09. The summed E-state index contributed by atoms with van der Waals surface area (Å²) in [5.74, 6) is 5.05. The van der Waals surface area contributed by atoms with Crippen molar-refractivity contribution in [3.63, 3.8) is 0 Å². The summed E-state index contributed by atoms with van der Waals surface area (Å²) in [6.07, 6.45) is 0. The molecule has 0 aromatic heterocycles. The zero-order valence-corrected chi connectivity index (χ0v) is 7.53. The summed E-state index contributed by atoms with van der Waals surface area (Å²) < 4.78 is 0. The highest BCUT2D eigenvalue weighted by Gasteiger charge is 2.01. The number of benzene rings is 1. The van der Waals surface area contributed by atoms with Gasteiger partial charge in [-0.15, -0.1) is 0 Å². The summed E-state index contributed by atoms with van der Waals surface area (Å²) in [4.78, 5) is 10.8. The minimum absolute atomic E-state index is 0.415. The molecule has 1 aromatic rings. The minimum Gasteiger partial charge on any atom is -0.366 e. The Kier molecular flexibility index (Phi) is 3.00. The number of primary amides is 1. The van der Waals surface area contributed by atoms with Crippen LogP contribution in [0.1, 0.15) is 15.9 Å². The molecule has 0 fully saturated rings. The molecule has 1 amide bonds. The van der Waals surface area contributed by atoms with Crippen LogP contribution in [0.3, 0.4) is 0 Å².